The molecule has 1 saturated heterocycles. The number of ether oxygens (including phenoxy) is 1. The highest BCUT2D eigenvalue weighted by molar-refractivity contribution is 6.14. The van der Waals surface area contributed by atoms with Gasteiger partial charge in [0.05, 0.1) is 25.7 Å². The summed E-state index contributed by atoms with van der Waals surface area (Å²) in [5.74, 6) is 0. The number of hydrogen-bond donors (Lipinski definition) is 1. The lowest BCUT2D eigenvalue weighted by molar-refractivity contribution is -0.175. The van der Waals surface area contributed by atoms with Crippen LogP contribution in [0.5, 0.6) is 0 Å². The molecule has 0 aromatic carbocycles. The van der Waals surface area contributed by atoms with Crippen molar-refractivity contribution in [1.29, 1.82) is 0 Å². The fourth-order valence-electron chi connectivity index (χ4n) is 3.37. The van der Waals surface area contributed by atoms with E-state index in [2.05, 4.69) is 0 Å². The van der Waals surface area contributed by atoms with Crippen LogP contribution in [0.1, 0.15) is 51.4 Å². The maximum atomic E-state index is 10.7. The summed E-state index contributed by atoms with van der Waals surface area (Å²) in [5.41, 5.74) is -0.685. The second-order valence-electron chi connectivity index (χ2n) is 5.99. The molecule has 1 atom stereocenters. The van der Waals surface area contributed by atoms with Gasteiger partial charge in [-0.05, 0) is 32.2 Å². The summed E-state index contributed by atoms with van der Waals surface area (Å²) in [6.45, 7) is 1.31. The average Bonchev–Trinajstić information content (AvgIpc) is 2.37. The Labute approximate surface area is 113 Å². The second kappa shape index (κ2) is 5.98. The summed E-state index contributed by atoms with van der Waals surface area (Å²) in [5, 5.41) is 10.7. The van der Waals surface area contributed by atoms with Crippen LogP contribution >= 0.6 is 0 Å². The summed E-state index contributed by atoms with van der Waals surface area (Å²) >= 11 is 0. The van der Waals surface area contributed by atoms with Gasteiger partial charge in [0.15, 0.2) is 7.98 Å². The van der Waals surface area contributed by atoms with Crippen LogP contribution in [-0.4, -0.2) is 56.5 Å². The molecule has 1 aliphatic carbocycles. The highest BCUT2D eigenvalue weighted by atomic mass is 16.5. The molecule has 0 amide bonds. The van der Waals surface area contributed by atoms with E-state index in [-0.39, 0.29) is 5.60 Å². The Balaban J connectivity index is 1.91. The minimum absolute atomic E-state index is 0.0621. The van der Waals surface area contributed by atoms with Gasteiger partial charge in [-0.15, -0.1) is 0 Å². The number of rotatable bonds is 4. The van der Waals surface area contributed by atoms with E-state index in [1.807, 2.05) is 0 Å². The van der Waals surface area contributed by atoms with Gasteiger partial charge < -0.3 is 14.7 Å². The van der Waals surface area contributed by atoms with Gasteiger partial charge in [0.1, 0.15) is 0 Å². The van der Waals surface area contributed by atoms with Crippen LogP contribution < -0.4 is 0 Å². The molecule has 1 unspecified atom stereocenters. The smallest absolute Gasteiger partial charge is 0.181 e. The van der Waals surface area contributed by atoms with Gasteiger partial charge in [-0.3, -0.25) is 0 Å². The molecule has 18 heavy (non-hydrogen) atoms. The van der Waals surface area contributed by atoms with E-state index in [1.54, 1.807) is 4.81 Å². The first-order chi connectivity index (χ1) is 8.58. The summed E-state index contributed by atoms with van der Waals surface area (Å²) in [4.78, 5) is 1.56. The van der Waals surface area contributed by atoms with E-state index in [4.69, 9.17) is 20.6 Å². The molecule has 5 heteroatoms. The summed E-state index contributed by atoms with van der Waals surface area (Å²) in [6, 6.07) is 0. The van der Waals surface area contributed by atoms with Crippen LogP contribution in [0.4, 0.5) is 0 Å². The van der Waals surface area contributed by atoms with E-state index in [1.165, 1.54) is 19.3 Å². The molecule has 0 bridgehead atoms. The molecular weight excluding hydrogens is 224 g/mol. The van der Waals surface area contributed by atoms with Crippen LogP contribution in [0.2, 0.25) is 0 Å². The fraction of sp³-hybridized carbons (Fsp3) is 1.00. The Kier molecular flexibility index (Phi) is 4.79. The molecule has 98 valence electrons. The third-order valence-corrected chi connectivity index (χ3v) is 4.49. The monoisotopic (exact) mass is 247 g/mol. The third-order valence-electron chi connectivity index (χ3n) is 4.49. The average molecular weight is 247 g/mol. The topological polar surface area (TPSA) is 32.7 Å². The Morgan fingerprint density at radius 3 is 2.56 bits per heavy atom. The van der Waals surface area contributed by atoms with Crippen molar-refractivity contribution in [3.8, 4) is 0 Å². The minimum atomic E-state index is -0.623. The maximum Gasteiger partial charge on any atom is 0.181 e. The molecule has 3 nitrogen and oxygen atoms in total. The molecule has 1 spiro atoms. The van der Waals surface area contributed by atoms with Crippen LogP contribution in [0.3, 0.4) is 0 Å². The van der Waals surface area contributed by atoms with Crippen LogP contribution in [0.25, 0.3) is 0 Å². The zero-order valence-corrected chi connectivity index (χ0v) is 11.2. The zero-order chi connectivity index (χ0) is 13.1. The lowest BCUT2D eigenvalue weighted by Crippen LogP contribution is -2.51. The Morgan fingerprint density at radius 1 is 1.17 bits per heavy atom. The molecule has 1 saturated carbocycles. The first-order valence-electron chi connectivity index (χ1n) is 7.14. The third kappa shape index (κ3) is 3.52. The van der Waals surface area contributed by atoms with Gasteiger partial charge in [0.25, 0.3) is 0 Å². The predicted molar refractivity (Wildman–Crippen MR) is 73.6 cm³/mol. The molecule has 4 radical (unpaired) electrons. The molecule has 0 aromatic heterocycles. The predicted octanol–water partition coefficient (Wildman–Crippen LogP) is 1.13. The molecule has 2 rings (SSSR count). The highest BCUT2D eigenvalue weighted by Crippen LogP contribution is 2.43. The van der Waals surface area contributed by atoms with E-state index in [9.17, 15) is 5.11 Å². The molecule has 1 aliphatic heterocycles. The van der Waals surface area contributed by atoms with Gasteiger partial charge in [-0.1, -0.05) is 25.7 Å². The number of aliphatic hydroxyl groups is 1. The van der Waals surface area contributed by atoms with Crippen molar-refractivity contribution in [2.24, 2.45) is 0 Å². The molecule has 2 fully saturated rings. The van der Waals surface area contributed by atoms with Crippen LogP contribution in [0.15, 0.2) is 0 Å². The van der Waals surface area contributed by atoms with E-state index in [0.29, 0.717) is 32.4 Å². The van der Waals surface area contributed by atoms with Crippen LogP contribution in [-0.2, 0) is 4.74 Å². The van der Waals surface area contributed by atoms with Gasteiger partial charge >= 0.3 is 0 Å². The van der Waals surface area contributed by atoms with Gasteiger partial charge in [0.2, 0.25) is 0 Å². The Hall–Kier alpha value is 0.00987. The van der Waals surface area contributed by atoms with Crippen molar-refractivity contribution < 1.29 is 9.84 Å². The summed E-state index contributed by atoms with van der Waals surface area (Å²) in [7, 11) is 11.1. The minimum Gasteiger partial charge on any atom is -0.390 e. The van der Waals surface area contributed by atoms with Crippen LogP contribution in [0, 0.1) is 0 Å². The van der Waals surface area contributed by atoms with Crippen molar-refractivity contribution in [2.75, 3.05) is 19.6 Å². The lowest BCUT2D eigenvalue weighted by Gasteiger charge is -2.47. The highest BCUT2D eigenvalue weighted by Gasteiger charge is 2.44. The van der Waals surface area contributed by atoms with Crippen molar-refractivity contribution in [3.05, 3.63) is 0 Å². The van der Waals surface area contributed by atoms with E-state index in [0.717, 1.165) is 19.3 Å². The maximum absolute atomic E-state index is 10.7. The lowest BCUT2D eigenvalue weighted by atomic mass is 9.73. The molecule has 0 aromatic rings. The van der Waals surface area contributed by atoms with E-state index < -0.39 is 5.60 Å². The first-order valence-corrected chi connectivity index (χ1v) is 7.14. The molecule has 2 aliphatic rings. The normalized spacial score (nSPS) is 31.9. The number of nitrogens with zero attached hydrogens (tertiary/aromatic N) is 1. The first kappa shape index (κ1) is 14.4. The van der Waals surface area contributed by atoms with E-state index >= 15 is 0 Å². The van der Waals surface area contributed by atoms with Crippen molar-refractivity contribution in [1.82, 2.24) is 4.81 Å². The SMILES string of the molecule is [B]CN([B])CCC1(O)CCOC2(CCCCC2)C1. The summed E-state index contributed by atoms with van der Waals surface area (Å²) in [6.07, 6.45) is 8.43. The second-order valence-corrected chi connectivity index (χ2v) is 5.99. The standard InChI is InChI=1S/C13H23B2NO2/c14-11-16(15)8-6-12(17)7-9-18-13(10-12)4-2-1-3-5-13/h17H,1-11H2. The van der Waals surface area contributed by atoms with Gasteiger partial charge in [-0.25, -0.2) is 0 Å². The zero-order valence-electron chi connectivity index (χ0n) is 11.2. The van der Waals surface area contributed by atoms with Crippen molar-refractivity contribution in [3.63, 3.8) is 0 Å². The van der Waals surface area contributed by atoms with Crippen molar-refractivity contribution >= 4 is 15.8 Å². The fourth-order valence-corrected chi connectivity index (χ4v) is 3.37. The molecule has 1 heterocycles. The van der Waals surface area contributed by atoms with Crippen molar-refractivity contribution in [2.45, 2.75) is 62.6 Å². The molecule has 1 N–H and O–H groups in total. The van der Waals surface area contributed by atoms with Gasteiger partial charge in [0, 0.05) is 6.42 Å². The largest absolute Gasteiger partial charge is 0.390 e. The Morgan fingerprint density at radius 2 is 1.89 bits per heavy atom. The summed E-state index contributed by atoms with van der Waals surface area (Å²) < 4.78 is 6.01. The quantitative estimate of drug-likeness (QED) is 0.756. The Bertz CT molecular complexity index is 266. The molecular formula is C13H23B2NO2. The van der Waals surface area contributed by atoms with Gasteiger partial charge in [-0.2, -0.15) is 0 Å². The number of hydrogen-bond acceptors (Lipinski definition) is 3.